The minimum Gasteiger partial charge on any atom is -0.580 e. The largest absolute Gasteiger partial charge is 0.580 e. The molecule has 0 saturated heterocycles. The summed E-state index contributed by atoms with van der Waals surface area (Å²) in [5.41, 5.74) is 0.552. The van der Waals surface area contributed by atoms with Crippen LogP contribution in [0.15, 0.2) is 11.4 Å². The van der Waals surface area contributed by atoms with Crippen molar-refractivity contribution in [3.8, 4) is 0 Å². The number of aliphatic hydroxyl groups excluding tert-OH is 1. The molecule has 0 bridgehead atoms. The van der Waals surface area contributed by atoms with Crippen LogP contribution in [-0.2, 0) is 0 Å². The average molecular weight is 205 g/mol. The summed E-state index contributed by atoms with van der Waals surface area (Å²) in [5, 5.41) is 32.0. The number of thiophene rings is 1. The van der Waals surface area contributed by atoms with Gasteiger partial charge in [-0.3, -0.25) is 0 Å². The van der Waals surface area contributed by atoms with Gasteiger partial charge in [-0.15, -0.1) is 4.21 Å². The molecule has 6 heteroatoms. The summed E-state index contributed by atoms with van der Waals surface area (Å²) in [6, 6.07) is 1.67. The Balaban J connectivity index is 2.50. The number of rotatable bonds is 0. The van der Waals surface area contributed by atoms with Crippen LogP contribution in [0.5, 0.6) is 0 Å². The highest BCUT2D eigenvalue weighted by molar-refractivity contribution is 7.98. The van der Waals surface area contributed by atoms with Crippen LogP contribution in [0.1, 0.15) is 11.7 Å². The fourth-order valence-electron chi connectivity index (χ4n) is 1.11. The summed E-state index contributed by atoms with van der Waals surface area (Å²) >= 11 is 1.94. The second-order valence-corrected chi connectivity index (χ2v) is 4.49. The van der Waals surface area contributed by atoms with Gasteiger partial charge in [-0.05, 0) is 11.4 Å². The summed E-state index contributed by atoms with van der Waals surface area (Å²) in [7, 11) is 0. The number of hydrogen-bond acceptors (Lipinski definition) is 5. The fraction of sp³-hybridized carbons (Fsp3) is 0.333. The number of fused-ring (bicyclic) bond motifs is 1. The first kappa shape index (κ1) is 8.49. The van der Waals surface area contributed by atoms with Crippen LogP contribution in [0.2, 0.25) is 0 Å². The molecule has 2 N–H and O–H groups in total. The van der Waals surface area contributed by atoms with E-state index < -0.39 is 10.3 Å². The van der Waals surface area contributed by atoms with Crippen molar-refractivity contribution in [2.24, 2.45) is 0 Å². The number of hydrogen-bond donors (Lipinski definition) is 2. The van der Waals surface area contributed by atoms with Gasteiger partial charge in [0.15, 0.2) is 0 Å². The van der Waals surface area contributed by atoms with Gasteiger partial charge in [-0.25, -0.2) is 0 Å². The lowest BCUT2D eigenvalue weighted by Crippen LogP contribution is -2.35. The van der Waals surface area contributed by atoms with E-state index in [4.69, 9.17) is 0 Å². The van der Waals surface area contributed by atoms with Gasteiger partial charge in [0.2, 0.25) is 5.00 Å². The minimum absolute atomic E-state index is 0.240. The molecule has 1 aromatic rings. The molecule has 4 nitrogen and oxygen atoms in total. The van der Waals surface area contributed by atoms with E-state index in [9.17, 15) is 15.5 Å². The fourth-order valence-corrected chi connectivity index (χ4v) is 2.96. The van der Waals surface area contributed by atoms with Crippen LogP contribution in [-0.4, -0.2) is 16.1 Å². The highest BCUT2D eigenvalue weighted by Gasteiger charge is 2.35. The van der Waals surface area contributed by atoms with Gasteiger partial charge in [0, 0.05) is 0 Å². The maximum Gasteiger partial charge on any atom is 0.239 e. The second kappa shape index (κ2) is 2.69. The van der Waals surface area contributed by atoms with Gasteiger partial charge in [0.05, 0.1) is 11.3 Å². The summed E-state index contributed by atoms with van der Waals surface area (Å²) in [6.07, 6.45) is -0.622. The van der Waals surface area contributed by atoms with E-state index >= 15 is 0 Å². The van der Waals surface area contributed by atoms with E-state index in [1.54, 1.807) is 11.4 Å². The van der Waals surface area contributed by atoms with Crippen LogP contribution in [0, 0.1) is 5.21 Å². The third-order valence-electron chi connectivity index (χ3n) is 1.70. The summed E-state index contributed by atoms with van der Waals surface area (Å²) in [4.78, 5) is 0. The molecule has 1 aromatic heterocycles. The van der Waals surface area contributed by atoms with Gasteiger partial charge in [-0.1, -0.05) is 11.3 Å². The molecule has 0 aromatic carbocycles. The molecular formula is C6H7NO3S2. The third kappa shape index (κ3) is 1.17. The lowest BCUT2D eigenvalue weighted by atomic mass is 10.2. The Morgan fingerprint density at radius 2 is 2.42 bits per heavy atom. The van der Waals surface area contributed by atoms with E-state index in [1.807, 2.05) is 0 Å². The molecule has 1 unspecified atom stereocenters. The lowest BCUT2D eigenvalue weighted by molar-refractivity contribution is 0.0681. The summed E-state index contributed by atoms with van der Waals surface area (Å²) < 4.78 is -1.41. The van der Waals surface area contributed by atoms with E-state index in [-0.39, 0.29) is 10.8 Å². The van der Waals surface area contributed by atoms with E-state index in [0.29, 0.717) is 5.56 Å². The standard InChI is InChI=1S/C6H7NO3S2/c8-5-3-12-7(9,10)6-4(5)1-2-11-6/h1-2,5,8-9H,3H2/t5-/m1/s1. The molecule has 0 saturated carbocycles. The first-order valence-electron chi connectivity index (χ1n) is 3.34. The van der Waals surface area contributed by atoms with Crippen LogP contribution >= 0.6 is 23.3 Å². The number of nitrogens with zero attached hydrogens (tertiary/aromatic N) is 1. The smallest absolute Gasteiger partial charge is 0.239 e. The summed E-state index contributed by atoms with van der Waals surface area (Å²) in [5.74, 6) is 0.240. The molecule has 0 radical (unpaired) electrons. The predicted octanol–water partition coefficient (Wildman–Crippen LogP) is 1.64. The van der Waals surface area contributed by atoms with Crippen molar-refractivity contribution in [2.75, 3.05) is 5.75 Å². The molecule has 66 valence electrons. The molecule has 2 atom stereocenters. The Morgan fingerprint density at radius 3 is 3.08 bits per heavy atom. The first-order valence-corrected chi connectivity index (χ1v) is 5.17. The zero-order chi connectivity index (χ0) is 8.77. The van der Waals surface area contributed by atoms with Crippen molar-refractivity contribution in [3.63, 3.8) is 0 Å². The molecule has 2 heterocycles. The van der Waals surface area contributed by atoms with Crippen molar-refractivity contribution in [1.82, 2.24) is 4.21 Å². The Bertz CT molecular complexity index is 299. The van der Waals surface area contributed by atoms with E-state index in [2.05, 4.69) is 0 Å². The van der Waals surface area contributed by atoms with Crippen molar-refractivity contribution >= 4 is 28.3 Å². The molecular weight excluding hydrogens is 198 g/mol. The minimum atomic E-state index is -1.41. The van der Waals surface area contributed by atoms with Crippen LogP contribution < -0.4 is 4.21 Å². The number of quaternary nitrogens is 1. The van der Waals surface area contributed by atoms with Gasteiger partial charge >= 0.3 is 0 Å². The first-order chi connectivity index (χ1) is 5.61. The lowest BCUT2D eigenvalue weighted by Gasteiger charge is -2.33. The topological polar surface area (TPSA) is 63.5 Å². The molecule has 0 fully saturated rings. The maximum atomic E-state index is 11.3. The molecule has 2 rings (SSSR count). The van der Waals surface area contributed by atoms with Gasteiger partial charge < -0.3 is 10.3 Å². The zero-order valence-corrected chi connectivity index (χ0v) is 7.64. The normalized spacial score (nSPS) is 34.8. The summed E-state index contributed by atoms with van der Waals surface area (Å²) in [6.45, 7) is 0. The number of aliphatic hydroxyl groups is 1. The molecule has 1 aliphatic rings. The zero-order valence-electron chi connectivity index (χ0n) is 6.01. The molecule has 12 heavy (non-hydrogen) atoms. The van der Waals surface area contributed by atoms with E-state index in [0.717, 1.165) is 23.3 Å². The highest BCUT2D eigenvalue weighted by Crippen LogP contribution is 2.45. The predicted molar refractivity (Wildman–Crippen MR) is 48.7 cm³/mol. The highest BCUT2D eigenvalue weighted by atomic mass is 32.2. The van der Waals surface area contributed by atoms with Crippen molar-refractivity contribution < 1.29 is 10.3 Å². The average Bonchev–Trinajstić information content (AvgIpc) is 2.46. The van der Waals surface area contributed by atoms with Crippen molar-refractivity contribution in [1.29, 1.82) is 0 Å². The molecule has 1 aliphatic heterocycles. The quantitative estimate of drug-likeness (QED) is 0.384. The Kier molecular flexibility index (Phi) is 1.90. The maximum absolute atomic E-state index is 11.3. The van der Waals surface area contributed by atoms with Crippen molar-refractivity contribution in [2.45, 2.75) is 6.10 Å². The Labute approximate surface area is 77.3 Å². The van der Waals surface area contributed by atoms with Gasteiger partial charge in [0.1, 0.15) is 18.1 Å². The second-order valence-electron chi connectivity index (χ2n) is 2.51. The third-order valence-corrected chi connectivity index (χ3v) is 3.79. The van der Waals surface area contributed by atoms with E-state index in [1.165, 1.54) is 0 Å². The molecule has 0 aliphatic carbocycles. The SMILES string of the molecule is [O-][N+]1(O)SC[C@@H](O)c2ccsc21. The van der Waals surface area contributed by atoms with Crippen LogP contribution in [0.25, 0.3) is 0 Å². The molecule has 0 spiro atoms. The Hall–Kier alpha value is -0.110. The van der Waals surface area contributed by atoms with Gasteiger partial charge in [-0.2, -0.15) is 5.21 Å². The van der Waals surface area contributed by atoms with Gasteiger partial charge in [0.25, 0.3) is 0 Å². The molecule has 0 amide bonds. The van der Waals surface area contributed by atoms with Crippen molar-refractivity contribution in [3.05, 3.63) is 22.2 Å². The van der Waals surface area contributed by atoms with Crippen LogP contribution in [0.3, 0.4) is 0 Å². The van der Waals surface area contributed by atoms with Crippen LogP contribution in [0.4, 0.5) is 5.00 Å². The Morgan fingerprint density at radius 1 is 1.67 bits per heavy atom. The monoisotopic (exact) mass is 205 g/mol.